The number of aromatic nitrogens is 2. The Hall–Kier alpha value is -2.03. The van der Waals surface area contributed by atoms with Crippen molar-refractivity contribution in [3.63, 3.8) is 0 Å². The van der Waals surface area contributed by atoms with E-state index in [1.54, 1.807) is 4.57 Å². The van der Waals surface area contributed by atoms with Gasteiger partial charge < -0.3 is 24.9 Å². The molecule has 1 aromatic heterocycles. The lowest BCUT2D eigenvalue weighted by Crippen LogP contribution is -2.31. The molecule has 8 nitrogen and oxygen atoms in total. The van der Waals surface area contributed by atoms with E-state index in [1.807, 2.05) is 12.2 Å². The summed E-state index contributed by atoms with van der Waals surface area (Å²) in [6.45, 7) is 1.68. The van der Waals surface area contributed by atoms with Gasteiger partial charge in [0.05, 0.1) is 0 Å². The van der Waals surface area contributed by atoms with Crippen LogP contribution in [0.2, 0.25) is 0 Å². The van der Waals surface area contributed by atoms with Gasteiger partial charge >= 0.3 is 11.8 Å². The highest BCUT2D eigenvalue weighted by Gasteiger charge is 2.28. The van der Waals surface area contributed by atoms with Gasteiger partial charge in [0.15, 0.2) is 5.88 Å². The second-order valence-electron chi connectivity index (χ2n) is 4.67. The highest BCUT2D eigenvalue weighted by atomic mass is 79.9. The fraction of sp³-hybridized carbons (Fsp3) is 0.417. The van der Waals surface area contributed by atoms with Crippen molar-refractivity contribution in [2.24, 2.45) is 0 Å². The van der Waals surface area contributed by atoms with Crippen molar-refractivity contribution in [2.45, 2.75) is 19.1 Å². The first-order valence-corrected chi connectivity index (χ1v) is 7.22. The van der Waals surface area contributed by atoms with Crippen molar-refractivity contribution in [3.8, 4) is 6.01 Å². The fourth-order valence-electron chi connectivity index (χ4n) is 2.07. The number of fused-ring (bicyclic) bond motifs is 1. The first kappa shape index (κ1) is 13.9. The van der Waals surface area contributed by atoms with E-state index in [9.17, 15) is 10.1 Å². The molecule has 1 aromatic rings. The Morgan fingerprint density at radius 2 is 2.48 bits per heavy atom. The molecule has 0 spiro atoms. The third kappa shape index (κ3) is 3.18. The lowest BCUT2D eigenvalue weighted by Gasteiger charge is -2.23. The molecule has 1 N–H and O–H groups in total. The predicted molar refractivity (Wildman–Crippen MR) is 77.0 cm³/mol. The summed E-state index contributed by atoms with van der Waals surface area (Å²) >= 11 is 3.38. The molecule has 1 atom stereocenters. The lowest BCUT2D eigenvalue weighted by molar-refractivity contribution is -0.389. The van der Waals surface area contributed by atoms with Crippen LogP contribution in [0.25, 0.3) is 0 Å². The summed E-state index contributed by atoms with van der Waals surface area (Å²) in [4.78, 5) is 14.0. The van der Waals surface area contributed by atoms with E-state index in [1.165, 1.54) is 6.20 Å². The van der Waals surface area contributed by atoms with Crippen LogP contribution >= 0.6 is 15.9 Å². The molecule has 0 saturated carbocycles. The second kappa shape index (κ2) is 5.76. The van der Waals surface area contributed by atoms with Crippen LogP contribution in [0, 0.1) is 10.1 Å². The van der Waals surface area contributed by atoms with E-state index in [0.29, 0.717) is 32.0 Å². The Balaban J connectivity index is 1.58. The molecule has 0 bridgehead atoms. The third-order valence-corrected chi connectivity index (χ3v) is 3.69. The number of nitrogens with one attached hydrogen (secondary N) is 1. The zero-order valence-corrected chi connectivity index (χ0v) is 12.6. The highest BCUT2D eigenvalue weighted by molar-refractivity contribution is 9.11. The predicted octanol–water partition coefficient (Wildman–Crippen LogP) is 1.68. The summed E-state index contributed by atoms with van der Waals surface area (Å²) in [5.41, 5.74) is 0. The average molecular weight is 357 g/mol. The van der Waals surface area contributed by atoms with Gasteiger partial charge in [0.1, 0.15) is 18.9 Å². The smallest absolute Gasteiger partial charge is 0.414 e. The molecule has 0 amide bonds. The molecule has 2 aliphatic rings. The summed E-state index contributed by atoms with van der Waals surface area (Å²) in [7, 11) is 0. The zero-order chi connectivity index (χ0) is 14.8. The van der Waals surface area contributed by atoms with Crippen molar-refractivity contribution >= 4 is 21.7 Å². The highest BCUT2D eigenvalue weighted by Crippen LogP contribution is 2.24. The molecule has 0 fully saturated rings. The maximum atomic E-state index is 10.7. The lowest BCUT2D eigenvalue weighted by atomic mass is 10.2. The molecular formula is C12H13BrN4O4. The van der Waals surface area contributed by atoms with E-state index < -0.39 is 4.92 Å². The Labute approximate surface area is 128 Å². The third-order valence-electron chi connectivity index (χ3n) is 3.15. The number of rotatable bonds is 4. The molecule has 1 unspecified atom stereocenters. The first-order chi connectivity index (χ1) is 10.1. The number of nitrogens with zero attached hydrogens (tertiary/aromatic N) is 3. The van der Waals surface area contributed by atoms with Gasteiger partial charge in [-0.25, -0.2) is 0 Å². The van der Waals surface area contributed by atoms with Crippen LogP contribution in [0.4, 0.5) is 5.82 Å². The molecule has 0 radical (unpaired) electrons. The Morgan fingerprint density at radius 3 is 3.19 bits per heavy atom. The number of hydrogen-bond donors (Lipinski definition) is 1. The molecule has 112 valence electrons. The van der Waals surface area contributed by atoms with Crippen LogP contribution in [0.1, 0.15) is 6.42 Å². The minimum Gasteiger partial charge on any atom is -0.475 e. The van der Waals surface area contributed by atoms with Crippen LogP contribution < -0.4 is 10.1 Å². The Morgan fingerprint density at radius 1 is 1.62 bits per heavy atom. The number of dihydropyridines is 1. The van der Waals surface area contributed by atoms with E-state index in [4.69, 9.17) is 9.47 Å². The maximum Gasteiger partial charge on any atom is 0.414 e. The van der Waals surface area contributed by atoms with E-state index in [2.05, 4.69) is 26.2 Å². The average Bonchev–Trinajstić information content (AvgIpc) is 2.90. The summed E-state index contributed by atoms with van der Waals surface area (Å²) in [5.74, 6) is 0.486. The van der Waals surface area contributed by atoms with Crippen molar-refractivity contribution in [1.29, 1.82) is 0 Å². The molecular weight excluding hydrogens is 344 g/mol. The largest absolute Gasteiger partial charge is 0.475 e. The van der Waals surface area contributed by atoms with Gasteiger partial charge in [0.25, 0.3) is 0 Å². The summed E-state index contributed by atoms with van der Waals surface area (Å²) in [6, 6.07) is 0.273. The van der Waals surface area contributed by atoms with Crippen LogP contribution in [0.5, 0.6) is 6.01 Å². The molecule has 9 heteroatoms. The fourth-order valence-corrected chi connectivity index (χ4v) is 2.35. The van der Waals surface area contributed by atoms with E-state index >= 15 is 0 Å². The topological polar surface area (TPSA) is 91.5 Å². The normalized spacial score (nSPS) is 20.5. The standard InChI is InChI=1S/C12H13BrN4O4/c13-8-1-2-11(14-5-8)20-7-9-3-4-16-6-10(17(18)19)15-12(16)21-9/h1-2,6,9,14H,3-5,7H2. The number of aryl methyl sites for hydroxylation is 1. The van der Waals surface area contributed by atoms with Crippen molar-refractivity contribution in [2.75, 3.05) is 13.2 Å². The van der Waals surface area contributed by atoms with Gasteiger partial charge in [0, 0.05) is 29.0 Å². The summed E-state index contributed by atoms with van der Waals surface area (Å²) in [5, 5.41) is 13.8. The van der Waals surface area contributed by atoms with Crippen LogP contribution in [-0.2, 0) is 11.3 Å². The minimum atomic E-state index is -0.527. The monoisotopic (exact) mass is 356 g/mol. The van der Waals surface area contributed by atoms with Gasteiger partial charge in [-0.1, -0.05) is 15.9 Å². The maximum absolute atomic E-state index is 10.7. The number of imidazole rings is 1. The quantitative estimate of drug-likeness (QED) is 0.651. The second-order valence-corrected chi connectivity index (χ2v) is 5.69. The van der Waals surface area contributed by atoms with Gasteiger partial charge in [-0.3, -0.25) is 4.57 Å². The Kier molecular flexibility index (Phi) is 3.82. The van der Waals surface area contributed by atoms with Gasteiger partial charge in [0.2, 0.25) is 0 Å². The van der Waals surface area contributed by atoms with Gasteiger partial charge in [-0.15, -0.1) is 0 Å². The SMILES string of the molecule is O=[N+]([O-])c1cn2c(n1)OC(COC1=CC=C(Br)CN1)CC2. The van der Waals surface area contributed by atoms with E-state index in [-0.39, 0.29) is 17.9 Å². The molecule has 3 heterocycles. The van der Waals surface area contributed by atoms with Gasteiger partial charge in [-0.05, 0) is 17.1 Å². The molecule has 0 aromatic carbocycles. The molecule has 21 heavy (non-hydrogen) atoms. The number of nitro groups is 1. The summed E-state index contributed by atoms with van der Waals surface area (Å²) < 4.78 is 13.9. The van der Waals surface area contributed by atoms with Crippen LogP contribution in [0.3, 0.4) is 0 Å². The van der Waals surface area contributed by atoms with E-state index in [0.717, 1.165) is 4.48 Å². The van der Waals surface area contributed by atoms with Crippen LogP contribution in [0.15, 0.2) is 28.7 Å². The summed E-state index contributed by atoms with van der Waals surface area (Å²) in [6.07, 6.45) is 5.69. The molecule has 0 saturated heterocycles. The number of halogens is 1. The minimum absolute atomic E-state index is 0.170. The van der Waals surface area contributed by atoms with Crippen molar-refractivity contribution in [1.82, 2.24) is 14.9 Å². The number of allylic oxidation sites excluding steroid dienone is 2. The number of ether oxygens (including phenoxy) is 2. The van der Waals surface area contributed by atoms with Crippen molar-refractivity contribution in [3.05, 3.63) is 38.8 Å². The van der Waals surface area contributed by atoms with Crippen LogP contribution in [-0.4, -0.2) is 33.7 Å². The first-order valence-electron chi connectivity index (χ1n) is 6.43. The molecule has 0 aliphatic carbocycles. The van der Waals surface area contributed by atoms with Gasteiger partial charge in [-0.2, -0.15) is 0 Å². The molecule has 3 rings (SSSR count). The van der Waals surface area contributed by atoms with Crippen molar-refractivity contribution < 1.29 is 14.4 Å². The zero-order valence-electron chi connectivity index (χ0n) is 11.0. The number of hydrogen-bond acceptors (Lipinski definition) is 6. The molecule has 2 aliphatic heterocycles. The Bertz CT molecular complexity index is 625.